The number of hydrogen-bond donors (Lipinski definition) is 4. The number of carbonyl (C=O) groups is 4. The number of amides is 3. The molecule has 3 unspecified atom stereocenters. The van der Waals surface area contributed by atoms with Crippen molar-refractivity contribution >= 4 is 41.7 Å². The summed E-state index contributed by atoms with van der Waals surface area (Å²) in [5.74, 6) is -2.46. The van der Waals surface area contributed by atoms with Crippen LogP contribution in [0.1, 0.15) is 52.4 Å². The Balaban J connectivity index is 1.05. The van der Waals surface area contributed by atoms with Crippen molar-refractivity contribution in [2.75, 3.05) is 33.4 Å². The summed E-state index contributed by atoms with van der Waals surface area (Å²) in [5.41, 5.74) is 0.568. The molecule has 0 saturated carbocycles. The molecule has 47 heavy (non-hydrogen) atoms. The highest BCUT2D eigenvalue weighted by Gasteiger charge is 2.60. The number of aliphatic hydroxyl groups is 1. The van der Waals surface area contributed by atoms with Crippen LogP contribution in [0.3, 0.4) is 0 Å². The van der Waals surface area contributed by atoms with E-state index in [0.29, 0.717) is 55.7 Å². The first-order valence-corrected chi connectivity index (χ1v) is 17.5. The number of hydrogen-bond acceptors (Lipinski definition) is 9. The number of nitrogens with one attached hydrogen (secondary N) is 2. The van der Waals surface area contributed by atoms with Crippen molar-refractivity contribution in [3.8, 4) is 0 Å². The van der Waals surface area contributed by atoms with Crippen LogP contribution in [0.15, 0.2) is 51.8 Å². The third-order valence-electron chi connectivity index (χ3n) is 9.65. The fourth-order valence-electron chi connectivity index (χ4n) is 7.05. The molecule has 2 fully saturated rings. The van der Waals surface area contributed by atoms with Gasteiger partial charge in [-0.15, -0.1) is 11.8 Å². The number of unbranched alkanes of at least 4 members (excludes halogenated alkanes) is 1. The Morgan fingerprint density at radius 1 is 1.23 bits per heavy atom. The number of rotatable bonds is 15. The molecule has 5 rings (SSSR count). The van der Waals surface area contributed by atoms with Gasteiger partial charge in [-0.1, -0.05) is 25.5 Å². The summed E-state index contributed by atoms with van der Waals surface area (Å²) >= 11 is 1.40. The van der Waals surface area contributed by atoms with Crippen molar-refractivity contribution in [3.05, 3.63) is 46.8 Å². The van der Waals surface area contributed by atoms with Gasteiger partial charge in [0.15, 0.2) is 0 Å². The number of fused-ring (bicyclic) bond motifs is 1. The third kappa shape index (κ3) is 8.07. The minimum absolute atomic E-state index is 0.00855. The molecule has 4 aliphatic heterocycles. The van der Waals surface area contributed by atoms with Crippen LogP contribution >= 0.6 is 11.8 Å². The fraction of sp³-hybridized carbons (Fsp3) is 0.618. The molecule has 0 aromatic carbocycles. The van der Waals surface area contributed by atoms with Gasteiger partial charge >= 0.3 is 5.97 Å². The second kappa shape index (κ2) is 15.8. The molecule has 8 atom stereocenters. The Kier molecular flexibility index (Phi) is 11.8. The Hall–Kier alpha value is -3.26. The van der Waals surface area contributed by atoms with Crippen LogP contribution in [0.5, 0.6) is 0 Å². The summed E-state index contributed by atoms with van der Waals surface area (Å²) in [5, 5.41) is 26.1. The average molecular weight is 670 g/mol. The van der Waals surface area contributed by atoms with E-state index in [0.717, 1.165) is 25.7 Å². The number of carboxylic acid groups (broad SMARTS) is 1. The first-order valence-electron chi connectivity index (χ1n) is 16.7. The SMILES string of the molecule is C[C@H]1C(S[C@@H]2CN[C@H](C(=O)NC3=CC(C(=O)N(C)CCOCCCCC4C=NC=CC4)CC=C3)C2)=C(C(=O)O)N2C(=O)[C@H]([C@@H](C)O)C12. The van der Waals surface area contributed by atoms with E-state index in [9.17, 15) is 29.4 Å². The molecule has 0 aromatic rings. The second-order valence-corrected chi connectivity index (χ2v) is 14.5. The fourth-order valence-corrected chi connectivity index (χ4v) is 8.53. The van der Waals surface area contributed by atoms with Gasteiger partial charge in [-0.2, -0.15) is 0 Å². The van der Waals surface area contributed by atoms with Gasteiger partial charge < -0.3 is 35.4 Å². The number of β-lactam (4-membered cyclic amide) rings is 1. The van der Waals surface area contributed by atoms with E-state index in [1.807, 2.05) is 31.5 Å². The summed E-state index contributed by atoms with van der Waals surface area (Å²) in [7, 11) is 1.77. The Labute approximate surface area is 280 Å². The van der Waals surface area contributed by atoms with Gasteiger partial charge in [-0.25, -0.2) is 4.79 Å². The molecular formula is C34H47N5O7S. The minimum atomic E-state index is -1.16. The summed E-state index contributed by atoms with van der Waals surface area (Å²) in [4.78, 5) is 58.9. The summed E-state index contributed by atoms with van der Waals surface area (Å²) in [6.45, 7) is 5.57. The van der Waals surface area contributed by atoms with Crippen LogP contribution in [0.4, 0.5) is 0 Å². The third-order valence-corrected chi connectivity index (χ3v) is 11.2. The van der Waals surface area contributed by atoms with Gasteiger partial charge in [0.2, 0.25) is 17.7 Å². The summed E-state index contributed by atoms with van der Waals surface area (Å²) < 4.78 is 5.77. The maximum Gasteiger partial charge on any atom is 0.353 e. The van der Waals surface area contributed by atoms with Gasteiger partial charge in [0.25, 0.3) is 0 Å². The molecule has 2 saturated heterocycles. The molecule has 0 spiro atoms. The van der Waals surface area contributed by atoms with E-state index in [1.54, 1.807) is 24.9 Å². The Bertz CT molecular complexity index is 1370. The highest BCUT2D eigenvalue weighted by Crippen LogP contribution is 2.51. The monoisotopic (exact) mass is 669 g/mol. The molecule has 13 heteroatoms. The summed E-state index contributed by atoms with van der Waals surface area (Å²) in [6.07, 6.45) is 15.9. The van der Waals surface area contributed by atoms with Crippen molar-refractivity contribution in [3.63, 3.8) is 0 Å². The molecule has 256 valence electrons. The van der Waals surface area contributed by atoms with Crippen molar-refractivity contribution < 1.29 is 34.1 Å². The van der Waals surface area contributed by atoms with Crippen molar-refractivity contribution in [1.82, 2.24) is 20.4 Å². The molecule has 4 heterocycles. The number of carbonyl (C=O) groups excluding carboxylic acids is 3. The number of carboxylic acids is 1. The number of ether oxygens (including phenoxy) is 1. The predicted octanol–water partition coefficient (Wildman–Crippen LogP) is 2.43. The molecule has 0 radical (unpaired) electrons. The standard InChI is InChI=1S/C34H47N5O7S/c1-20-28-27(21(2)40)33(43)39(28)29(34(44)45)30(20)47-25-17-26(36-19-25)31(41)37-24-11-6-10-23(16-24)32(42)38(3)13-15-46-14-5-4-8-22-9-7-12-35-18-22/h6-7,11-12,16,18,20-23,25-28,36,40H,4-5,8-10,13-15,17,19H2,1-3H3,(H,37,41)(H,44,45)/t20-,21-,22?,23?,25+,26+,27-,28?/m1/s1. The molecule has 0 bridgehead atoms. The van der Waals surface area contributed by atoms with Crippen LogP contribution < -0.4 is 10.6 Å². The number of nitrogens with zero attached hydrogens (tertiary/aromatic N) is 3. The lowest BCUT2D eigenvalue weighted by Crippen LogP contribution is -2.63. The van der Waals surface area contributed by atoms with E-state index in [1.165, 1.54) is 16.7 Å². The molecule has 4 N–H and O–H groups in total. The number of likely N-dealkylation sites (N-methyl/N-ethyl adjacent to an activating group) is 1. The molecule has 3 amide bonds. The van der Waals surface area contributed by atoms with E-state index in [2.05, 4.69) is 21.7 Å². The predicted molar refractivity (Wildman–Crippen MR) is 179 cm³/mol. The maximum absolute atomic E-state index is 13.2. The summed E-state index contributed by atoms with van der Waals surface area (Å²) in [6, 6.07) is -0.855. The quantitative estimate of drug-likeness (QED) is 0.152. The normalized spacial score (nSPS) is 30.2. The number of allylic oxidation sites excluding steroid dienone is 3. The van der Waals surface area contributed by atoms with Gasteiger partial charge in [-0.3, -0.25) is 19.4 Å². The number of aliphatic hydroxyl groups excluding tert-OH is 1. The zero-order valence-electron chi connectivity index (χ0n) is 27.3. The lowest BCUT2D eigenvalue weighted by Gasteiger charge is -2.46. The van der Waals surface area contributed by atoms with Gasteiger partial charge in [0.05, 0.1) is 36.6 Å². The van der Waals surface area contributed by atoms with Crippen LogP contribution in [0, 0.1) is 23.7 Å². The molecular weight excluding hydrogens is 622 g/mol. The molecule has 0 aromatic heterocycles. The Morgan fingerprint density at radius 2 is 2.04 bits per heavy atom. The maximum atomic E-state index is 13.2. The number of aliphatic imine (C=N–C) groups is 1. The molecule has 5 aliphatic rings. The van der Waals surface area contributed by atoms with Crippen LogP contribution in [-0.4, -0.2) is 107 Å². The number of thioether (sulfide) groups is 1. The average Bonchev–Trinajstić information content (AvgIpc) is 3.61. The van der Waals surface area contributed by atoms with E-state index in [4.69, 9.17) is 4.74 Å². The van der Waals surface area contributed by atoms with E-state index in [-0.39, 0.29) is 46.5 Å². The van der Waals surface area contributed by atoms with Gasteiger partial charge in [-0.05, 0) is 57.1 Å². The van der Waals surface area contributed by atoms with Crippen LogP contribution in [-0.2, 0) is 23.9 Å². The van der Waals surface area contributed by atoms with Crippen molar-refractivity contribution in [1.29, 1.82) is 0 Å². The van der Waals surface area contributed by atoms with Crippen LogP contribution in [0.25, 0.3) is 0 Å². The van der Waals surface area contributed by atoms with Crippen LogP contribution in [0.2, 0.25) is 0 Å². The van der Waals surface area contributed by atoms with Gasteiger partial charge in [0.1, 0.15) is 5.70 Å². The highest BCUT2D eigenvalue weighted by molar-refractivity contribution is 8.03. The lowest BCUT2D eigenvalue weighted by atomic mass is 9.79. The lowest BCUT2D eigenvalue weighted by molar-refractivity contribution is -0.163. The smallest absolute Gasteiger partial charge is 0.353 e. The topological polar surface area (TPSA) is 161 Å². The van der Waals surface area contributed by atoms with E-state index < -0.39 is 24.0 Å². The first kappa shape index (κ1) is 35.1. The highest BCUT2D eigenvalue weighted by atomic mass is 32.2. The number of aliphatic carboxylic acids is 1. The van der Waals surface area contributed by atoms with Crippen molar-refractivity contribution in [2.45, 2.75) is 75.8 Å². The zero-order valence-corrected chi connectivity index (χ0v) is 28.2. The van der Waals surface area contributed by atoms with Gasteiger partial charge in [0, 0.05) is 60.9 Å². The molecule has 1 aliphatic carbocycles. The second-order valence-electron chi connectivity index (χ2n) is 13.1. The molecule has 12 nitrogen and oxygen atoms in total. The van der Waals surface area contributed by atoms with Crippen molar-refractivity contribution in [2.24, 2.45) is 28.7 Å². The van der Waals surface area contributed by atoms with E-state index >= 15 is 0 Å². The first-order chi connectivity index (χ1) is 22.6. The zero-order chi connectivity index (χ0) is 33.7. The minimum Gasteiger partial charge on any atom is -0.477 e. The Morgan fingerprint density at radius 3 is 2.77 bits per heavy atom. The largest absolute Gasteiger partial charge is 0.477 e.